The van der Waals surface area contributed by atoms with Crippen LogP contribution in [0.25, 0.3) is 0 Å². The minimum absolute atomic E-state index is 0.0692. The number of likely N-dealkylation sites (N-methyl/N-ethyl adjacent to an activating group) is 1. The molecular formula is C45H51N3O7S. The molecule has 0 radical (unpaired) electrons. The van der Waals surface area contributed by atoms with E-state index in [1.165, 1.54) is 12.1 Å². The van der Waals surface area contributed by atoms with Gasteiger partial charge >= 0.3 is 0 Å². The van der Waals surface area contributed by atoms with Crippen LogP contribution in [0.15, 0.2) is 138 Å². The number of ether oxygens (including phenoxy) is 2. The van der Waals surface area contributed by atoms with Crippen molar-refractivity contribution in [1.82, 2.24) is 9.62 Å². The van der Waals surface area contributed by atoms with Gasteiger partial charge in [0.15, 0.2) is 6.29 Å². The lowest BCUT2D eigenvalue weighted by Gasteiger charge is -2.43. The van der Waals surface area contributed by atoms with Gasteiger partial charge < -0.3 is 25.0 Å². The summed E-state index contributed by atoms with van der Waals surface area (Å²) in [5.41, 5.74) is 5.39. The van der Waals surface area contributed by atoms with E-state index in [1.807, 2.05) is 112 Å². The number of rotatable bonds is 15. The summed E-state index contributed by atoms with van der Waals surface area (Å²) < 4.78 is 43.0. The first-order valence-corrected chi connectivity index (χ1v) is 20.4. The van der Waals surface area contributed by atoms with Gasteiger partial charge in [-0.3, -0.25) is 9.69 Å². The molecule has 56 heavy (non-hydrogen) atoms. The molecular weight excluding hydrogens is 727 g/mol. The summed E-state index contributed by atoms with van der Waals surface area (Å²) >= 11 is 0. The van der Waals surface area contributed by atoms with E-state index in [2.05, 4.69) is 21.9 Å². The fourth-order valence-corrected chi connectivity index (χ4v) is 8.15. The monoisotopic (exact) mass is 777 g/mol. The van der Waals surface area contributed by atoms with Crippen molar-refractivity contribution in [3.8, 4) is 0 Å². The standard InChI is InChI=1S/C45H51N3O7S/c1-30-18-24-39(25-19-30)56(52,53)47-40(26-33-12-7-5-8-13-33)44(51)46-38-17-11-16-37(27-38)45-54-41(28-48(4)32(3)42(50)35-14-9-6-10-15-35)31(2)43(55-45)36-22-20-34(29-49)21-23-36/h5-25,27,31-32,40-43,45,47,49-50H,26,28-29H2,1-4H3,(H,46,51)/t31-,32-,40-,41+,42-,43+,45+/m1/s1. The number of carbonyl (C=O) groups is 1. The molecule has 294 valence electrons. The molecule has 1 aliphatic rings. The molecule has 5 aromatic carbocycles. The van der Waals surface area contributed by atoms with Crippen LogP contribution in [0.3, 0.4) is 0 Å². The topological polar surface area (TPSA) is 137 Å². The maximum atomic E-state index is 14.0. The van der Waals surface area contributed by atoms with Crippen LogP contribution in [-0.4, -0.2) is 61.2 Å². The van der Waals surface area contributed by atoms with E-state index in [1.54, 1.807) is 30.3 Å². The molecule has 0 aromatic heterocycles. The second-order valence-electron chi connectivity index (χ2n) is 14.6. The minimum Gasteiger partial charge on any atom is -0.392 e. The highest BCUT2D eigenvalue weighted by Gasteiger charge is 2.40. The second kappa shape index (κ2) is 18.5. The predicted octanol–water partition coefficient (Wildman–Crippen LogP) is 6.86. The number of hydrogen-bond donors (Lipinski definition) is 4. The lowest BCUT2D eigenvalue weighted by molar-refractivity contribution is -0.276. The van der Waals surface area contributed by atoms with Crippen LogP contribution in [0.1, 0.15) is 65.7 Å². The molecule has 1 fully saturated rings. The van der Waals surface area contributed by atoms with Gasteiger partial charge in [0.1, 0.15) is 6.04 Å². The average molecular weight is 778 g/mol. The third kappa shape index (κ3) is 10.2. The van der Waals surface area contributed by atoms with Crippen molar-refractivity contribution in [2.24, 2.45) is 5.92 Å². The van der Waals surface area contributed by atoms with Crippen LogP contribution in [0.4, 0.5) is 5.69 Å². The van der Waals surface area contributed by atoms with Crippen LogP contribution in [0.5, 0.6) is 0 Å². The number of anilines is 1. The SMILES string of the molecule is Cc1ccc(S(=O)(=O)N[C@H](Cc2ccccc2)C(=O)Nc2cccc([C@H]3O[C@@H](CN(C)[C@H](C)[C@@H](O)c4ccccc4)[C@@H](C)[C@@H](c4ccc(CO)cc4)O3)c2)cc1. The number of amides is 1. The van der Waals surface area contributed by atoms with E-state index >= 15 is 0 Å². The molecule has 1 heterocycles. The first-order chi connectivity index (χ1) is 26.9. The summed E-state index contributed by atoms with van der Waals surface area (Å²) in [4.78, 5) is 16.1. The Balaban J connectivity index is 1.24. The van der Waals surface area contributed by atoms with Crippen LogP contribution < -0.4 is 10.0 Å². The van der Waals surface area contributed by atoms with E-state index < -0.39 is 34.4 Å². The molecule has 4 N–H and O–H groups in total. The number of aliphatic hydroxyl groups excluding tert-OH is 2. The number of hydrogen-bond acceptors (Lipinski definition) is 8. The molecule has 7 atom stereocenters. The highest BCUT2D eigenvalue weighted by Crippen LogP contribution is 2.42. The zero-order valence-corrected chi connectivity index (χ0v) is 33.0. The van der Waals surface area contributed by atoms with Gasteiger partial charge in [-0.1, -0.05) is 122 Å². The normalized spacial score (nSPS) is 20.3. The molecule has 1 aliphatic heterocycles. The maximum absolute atomic E-state index is 14.0. The number of sulfonamides is 1. The number of benzene rings is 5. The van der Waals surface area contributed by atoms with Crippen LogP contribution in [0, 0.1) is 12.8 Å². The first kappa shape index (κ1) is 40.9. The van der Waals surface area contributed by atoms with Gasteiger partial charge in [0.25, 0.3) is 0 Å². The summed E-state index contributed by atoms with van der Waals surface area (Å²) in [5.74, 6) is -0.619. The van der Waals surface area contributed by atoms with Gasteiger partial charge in [-0.15, -0.1) is 0 Å². The Morgan fingerprint density at radius 3 is 2.14 bits per heavy atom. The third-order valence-corrected chi connectivity index (χ3v) is 12.0. The molecule has 0 aliphatic carbocycles. The Bertz CT molecular complexity index is 2130. The van der Waals surface area contributed by atoms with E-state index in [9.17, 15) is 23.4 Å². The zero-order chi connectivity index (χ0) is 39.8. The fraction of sp³-hybridized carbons (Fsp3) is 0.311. The Kier molecular flexibility index (Phi) is 13.5. The van der Waals surface area contributed by atoms with E-state index in [4.69, 9.17) is 9.47 Å². The molecule has 6 rings (SSSR count). The van der Waals surface area contributed by atoms with E-state index in [0.29, 0.717) is 17.8 Å². The Morgan fingerprint density at radius 2 is 1.48 bits per heavy atom. The maximum Gasteiger partial charge on any atom is 0.242 e. The van der Waals surface area contributed by atoms with Gasteiger partial charge in [-0.2, -0.15) is 4.72 Å². The highest BCUT2D eigenvalue weighted by molar-refractivity contribution is 7.89. The molecule has 10 nitrogen and oxygen atoms in total. The quantitative estimate of drug-likeness (QED) is 0.0906. The van der Waals surface area contributed by atoms with Crippen molar-refractivity contribution in [2.75, 3.05) is 18.9 Å². The number of nitrogens with zero attached hydrogens (tertiary/aromatic N) is 1. The summed E-state index contributed by atoms with van der Waals surface area (Å²) in [5, 5.41) is 23.8. The summed E-state index contributed by atoms with van der Waals surface area (Å²) in [6.07, 6.45) is -2.09. The smallest absolute Gasteiger partial charge is 0.242 e. The Hall–Kier alpha value is -4.72. The molecule has 0 spiro atoms. The van der Waals surface area contributed by atoms with E-state index in [-0.39, 0.29) is 42.1 Å². The first-order valence-electron chi connectivity index (χ1n) is 18.9. The fourth-order valence-electron chi connectivity index (χ4n) is 6.95. The molecule has 1 amide bonds. The molecule has 0 bridgehead atoms. The zero-order valence-electron chi connectivity index (χ0n) is 32.2. The number of aryl methyl sites for hydroxylation is 1. The van der Waals surface area contributed by atoms with Crippen molar-refractivity contribution in [3.05, 3.63) is 167 Å². The van der Waals surface area contributed by atoms with Gasteiger partial charge in [-0.05, 0) is 73.8 Å². The largest absolute Gasteiger partial charge is 0.392 e. The number of nitrogens with one attached hydrogen (secondary N) is 2. The van der Waals surface area contributed by atoms with Gasteiger partial charge in [-0.25, -0.2) is 8.42 Å². The van der Waals surface area contributed by atoms with Crippen LogP contribution >= 0.6 is 0 Å². The third-order valence-electron chi connectivity index (χ3n) is 10.5. The lowest BCUT2D eigenvalue weighted by atomic mass is 9.89. The second-order valence-corrected chi connectivity index (χ2v) is 16.4. The molecule has 1 saturated heterocycles. The molecule has 0 unspecified atom stereocenters. The van der Waals surface area contributed by atoms with Crippen molar-refractivity contribution in [2.45, 2.75) is 75.4 Å². The van der Waals surface area contributed by atoms with Crippen molar-refractivity contribution >= 4 is 21.6 Å². The Morgan fingerprint density at radius 1 is 0.821 bits per heavy atom. The lowest BCUT2D eigenvalue weighted by Crippen LogP contribution is -2.46. The van der Waals surface area contributed by atoms with Crippen molar-refractivity contribution < 1.29 is 32.9 Å². The summed E-state index contributed by atoms with van der Waals surface area (Å²) in [7, 11) is -2.06. The molecule has 5 aromatic rings. The van der Waals surface area contributed by atoms with Gasteiger partial charge in [0, 0.05) is 29.8 Å². The van der Waals surface area contributed by atoms with Gasteiger partial charge in [0.05, 0.1) is 29.8 Å². The highest BCUT2D eigenvalue weighted by atomic mass is 32.2. The van der Waals surface area contributed by atoms with Gasteiger partial charge in [0.2, 0.25) is 15.9 Å². The molecule has 11 heteroatoms. The van der Waals surface area contributed by atoms with Crippen LogP contribution in [0.2, 0.25) is 0 Å². The molecule has 0 saturated carbocycles. The van der Waals surface area contributed by atoms with E-state index in [0.717, 1.165) is 27.8 Å². The summed E-state index contributed by atoms with van der Waals surface area (Å²) in [6.45, 7) is 6.37. The predicted molar refractivity (Wildman–Crippen MR) is 217 cm³/mol. The van der Waals surface area contributed by atoms with Crippen molar-refractivity contribution in [1.29, 1.82) is 0 Å². The van der Waals surface area contributed by atoms with Crippen molar-refractivity contribution in [3.63, 3.8) is 0 Å². The van der Waals surface area contributed by atoms with Crippen LogP contribution in [-0.2, 0) is 37.3 Å². The minimum atomic E-state index is -4.03. The number of carbonyl (C=O) groups excluding carboxylic acids is 1. The summed E-state index contributed by atoms with van der Waals surface area (Å²) in [6, 6.07) is 38.8. The average Bonchev–Trinajstić information content (AvgIpc) is 3.21. The Labute approximate surface area is 330 Å². The number of aliphatic hydroxyl groups is 2.